The van der Waals surface area contributed by atoms with Gasteiger partial charge in [-0.1, -0.05) is 48.5 Å². The monoisotopic (exact) mass is 422 g/mol. The van der Waals surface area contributed by atoms with E-state index in [1.54, 1.807) is 22.7 Å². The van der Waals surface area contributed by atoms with Crippen molar-refractivity contribution in [2.45, 2.75) is 19.0 Å². The van der Waals surface area contributed by atoms with Crippen molar-refractivity contribution in [2.75, 3.05) is 13.6 Å². The minimum Gasteiger partial charge on any atom is -0.332 e. The lowest BCUT2D eigenvalue weighted by atomic mass is 10.1. The van der Waals surface area contributed by atoms with Crippen LogP contribution in [0, 0.1) is 0 Å². The molecule has 29 heavy (non-hydrogen) atoms. The van der Waals surface area contributed by atoms with Crippen molar-refractivity contribution >= 4 is 38.8 Å². The number of hydrogen-bond acceptors (Lipinski definition) is 4. The molecule has 2 aromatic heterocycles. The lowest BCUT2D eigenvalue weighted by molar-refractivity contribution is -0.676. The van der Waals surface area contributed by atoms with Crippen LogP contribution in [0.1, 0.15) is 34.5 Å². The Morgan fingerprint density at radius 2 is 1.83 bits per heavy atom. The number of rotatable bonds is 7. The Morgan fingerprint density at radius 1 is 1.07 bits per heavy atom. The largest absolute Gasteiger partial charge is 0.332 e. The van der Waals surface area contributed by atoms with Gasteiger partial charge in [-0.15, -0.1) is 22.7 Å². The number of quaternary nitrogens is 1. The number of hydrogen-bond donors (Lipinski definition) is 1. The molecule has 148 valence electrons. The highest BCUT2D eigenvalue weighted by atomic mass is 32.1. The Morgan fingerprint density at radius 3 is 2.55 bits per heavy atom. The molecule has 4 aromatic rings. The summed E-state index contributed by atoms with van der Waals surface area (Å²) in [5.74, 6) is 0.106. The molecule has 2 N–H and O–H groups in total. The highest BCUT2D eigenvalue weighted by Crippen LogP contribution is 2.28. The van der Waals surface area contributed by atoms with Gasteiger partial charge in [0.25, 0.3) is 5.91 Å². The van der Waals surface area contributed by atoms with Crippen LogP contribution in [0.4, 0.5) is 0 Å². The van der Waals surface area contributed by atoms with E-state index in [0.717, 1.165) is 15.2 Å². The molecule has 1 amide bonds. The summed E-state index contributed by atoms with van der Waals surface area (Å²) < 4.78 is 1.16. The zero-order valence-electron chi connectivity index (χ0n) is 16.5. The van der Waals surface area contributed by atoms with Crippen LogP contribution in [0.3, 0.4) is 0 Å². The van der Waals surface area contributed by atoms with Crippen LogP contribution in [0.2, 0.25) is 0 Å². The number of aromatic nitrogens is 1. The van der Waals surface area contributed by atoms with Gasteiger partial charge in [0.2, 0.25) is 0 Å². The molecule has 0 saturated heterocycles. The van der Waals surface area contributed by atoms with Gasteiger partial charge < -0.3 is 10.2 Å². The third-order valence-corrected chi connectivity index (χ3v) is 7.34. The van der Waals surface area contributed by atoms with E-state index in [4.69, 9.17) is 4.98 Å². The molecule has 6 heteroatoms. The number of carbonyl (C=O) groups is 1. The number of fused-ring (bicyclic) bond motifs is 1. The molecule has 0 bridgehead atoms. The van der Waals surface area contributed by atoms with Gasteiger partial charge in [0, 0.05) is 12.6 Å². The SMILES string of the molecule is C[C@@H](c1nc2ccccc2s1)N(C)C(=O)C[NH2+][C@H](c1ccccc1)c1cccs1. The van der Waals surface area contributed by atoms with Crippen LogP contribution < -0.4 is 5.32 Å². The summed E-state index contributed by atoms with van der Waals surface area (Å²) in [5.41, 5.74) is 2.21. The maximum atomic E-state index is 13.0. The summed E-state index contributed by atoms with van der Waals surface area (Å²) in [5, 5.41) is 5.19. The molecule has 0 aliphatic rings. The summed E-state index contributed by atoms with van der Waals surface area (Å²) in [6.45, 7) is 2.44. The maximum Gasteiger partial charge on any atom is 0.278 e. The first-order chi connectivity index (χ1) is 14.1. The average Bonchev–Trinajstić information content (AvgIpc) is 3.43. The van der Waals surface area contributed by atoms with E-state index in [1.807, 2.05) is 55.3 Å². The molecule has 2 heterocycles. The first-order valence-electron chi connectivity index (χ1n) is 9.66. The molecule has 0 fully saturated rings. The molecule has 0 aliphatic carbocycles. The first-order valence-corrected chi connectivity index (χ1v) is 11.4. The van der Waals surface area contributed by atoms with Gasteiger partial charge >= 0.3 is 0 Å². The van der Waals surface area contributed by atoms with Crippen molar-refractivity contribution in [1.29, 1.82) is 0 Å². The van der Waals surface area contributed by atoms with Crippen LogP contribution >= 0.6 is 22.7 Å². The summed E-state index contributed by atoms with van der Waals surface area (Å²) in [7, 11) is 1.87. The fourth-order valence-corrected chi connectivity index (χ4v) is 5.27. The van der Waals surface area contributed by atoms with Crippen molar-refractivity contribution in [3.05, 3.63) is 87.6 Å². The number of nitrogens with zero attached hydrogens (tertiary/aromatic N) is 2. The van der Waals surface area contributed by atoms with Gasteiger partial charge in [0.15, 0.2) is 6.54 Å². The fraction of sp³-hybridized carbons (Fsp3) is 0.217. The van der Waals surface area contributed by atoms with E-state index in [2.05, 4.69) is 41.0 Å². The van der Waals surface area contributed by atoms with Gasteiger partial charge in [-0.05, 0) is 30.5 Å². The first kappa shape index (κ1) is 19.8. The molecule has 2 aromatic carbocycles. The molecule has 0 unspecified atom stereocenters. The van der Waals surface area contributed by atoms with E-state index in [-0.39, 0.29) is 18.0 Å². The number of nitrogens with two attached hydrogens (primary N) is 1. The highest BCUT2D eigenvalue weighted by Gasteiger charge is 2.25. The van der Waals surface area contributed by atoms with Crippen molar-refractivity contribution in [3.63, 3.8) is 0 Å². The second kappa shape index (κ2) is 8.86. The third kappa shape index (κ3) is 4.40. The van der Waals surface area contributed by atoms with Gasteiger partial charge in [0.05, 0.1) is 21.1 Å². The number of likely N-dealkylation sites (N-methyl/N-ethyl adjacent to an activating group) is 1. The van der Waals surface area contributed by atoms with Gasteiger partial charge in [-0.2, -0.15) is 0 Å². The normalized spacial score (nSPS) is 13.3. The predicted octanol–water partition coefficient (Wildman–Crippen LogP) is 4.23. The highest BCUT2D eigenvalue weighted by molar-refractivity contribution is 7.18. The topological polar surface area (TPSA) is 49.8 Å². The van der Waals surface area contributed by atoms with E-state index < -0.39 is 0 Å². The predicted molar refractivity (Wildman–Crippen MR) is 120 cm³/mol. The number of para-hydroxylation sites is 1. The Hall–Kier alpha value is -2.54. The van der Waals surface area contributed by atoms with Crippen molar-refractivity contribution < 1.29 is 10.1 Å². The number of carbonyl (C=O) groups excluding carboxylic acids is 1. The molecule has 0 spiro atoms. The average molecular weight is 423 g/mol. The lowest BCUT2D eigenvalue weighted by Gasteiger charge is -2.23. The van der Waals surface area contributed by atoms with Crippen LogP contribution in [-0.2, 0) is 4.79 Å². The molecular weight excluding hydrogens is 398 g/mol. The second-order valence-corrected chi connectivity index (χ2v) is 9.09. The van der Waals surface area contributed by atoms with Crippen LogP contribution in [0.15, 0.2) is 72.1 Å². The maximum absolute atomic E-state index is 13.0. The third-order valence-electron chi connectivity index (χ3n) is 5.18. The second-order valence-electron chi connectivity index (χ2n) is 7.04. The standard InChI is InChI=1S/C23H23N3OS2/c1-16(23-25-18-11-6-7-12-19(18)29-23)26(2)21(27)15-24-22(20-13-8-14-28-20)17-9-4-3-5-10-17/h3-14,16,22,24H,15H2,1-2H3/p+1/t16-,22+/m0/s1. The minimum absolute atomic E-state index is 0.0507. The van der Waals surface area contributed by atoms with E-state index in [1.165, 1.54) is 10.4 Å². The van der Waals surface area contributed by atoms with Crippen LogP contribution in [0.5, 0.6) is 0 Å². The van der Waals surface area contributed by atoms with Crippen molar-refractivity contribution in [3.8, 4) is 0 Å². The number of thiophene rings is 1. The van der Waals surface area contributed by atoms with Crippen LogP contribution in [0.25, 0.3) is 10.2 Å². The van der Waals surface area contributed by atoms with Gasteiger partial charge in [0.1, 0.15) is 11.0 Å². The van der Waals surface area contributed by atoms with Gasteiger partial charge in [-0.3, -0.25) is 4.79 Å². The Kier molecular flexibility index (Phi) is 6.04. The van der Waals surface area contributed by atoms with E-state index >= 15 is 0 Å². The molecule has 4 rings (SSSR count). The molecule has 2 atom stereocenters. The molecule has 0 radical (unpaired) electrons. The number of benzene rings is 2. The molecule has 4 nitrogen and oxygen atoms in total. The fourth-order valence-electron chi connectivity index (χ4n) is 3.36. The summed E-state index contributed by atoms with van der Waals surface area (Å²) in [4.78, 5) is 20.7. The van der Waals surface area contributed by atoms with Crippen molar-refractivity contribution in [1.82, 2.24) is 9.88 Å². The van der Waals surface area contributed by atoms with Crippen LogP contribution in [-0.4, -0.2) is 29.4 Å². The number of thiazole rings is 1. The number of amides is 1. The molecule has 0 aliphatic heterocycles. The smallest absolute Gasteiger partial charge is 0.278 e. The molecular formula is C23H24N3OS2+. The van der Waals surface area contributed by atoms with E-state index in [9.17, 15) is 4.79 Å². The Bertz CT molecular complexity index is 1040. The summed E-state index contributed by atoms with van der Waals surface area (Å²) in [6.07, 6.45) is 0. The Balaban J connectivity index is 1.46. The van der Waals surface area contributed by atoms with E-state index in [0.29, 0.717) is 6.54 Å². The quantitative estimate of drug-likeness (QED) is 0.485. The zero-order chi connectivity index (χ0) is 20.2. The minimum atomic E-state index is -0.0507. The van der Waals surface area contributed by atoms with Crippen molar-refractivity contribution in [2.24, 2.45) is 0 Å². The van der Waals surface area contributed by atoms with Gasteiger partial charge in [-0.25, -0.2) is 4.98 Å². The lowest BCUT2D eigenvalue weighted by Crippen LogP contribution is -2.87. The molecule has 0 saturated carbocycles. The zero-order valence-corrected chi connectivity index (χ0v) is 18.1. The Labute approximate surface area is 178 Å². The summed E-state index contributed by atoms with van der Waals surface area (Å²) >= 11 is 3.38. The summed E-state index contributed by atoms with van der Waals surface area (Å²) in [6, 6.07) is 22.8.